The van der Waals surface area contributed by atoms with Crippen molar-refractivity contribution in [3.8, 4) is 0 Å². The van der Waals surface area contributed by atoms with Crippen LogP contribution in [0.4, 0.5) is 0 Å². The number of carboxylic acids is 1. The summed E-state index contributed by atoms with van der Waals surface area (Å²) in [5.74, 6) is -1.10. The largest absolute Gasteiger partial charge is 0.478 e. The number of piperidine rings is 1. The van der Waals surface area contributed by atoms with E-state index in [4.69, 9.17) is 5.11 Å². The van der Waals surface area contributed by atoms with Crippen LogP contribution >= 0.6 is 15.9 Å². The topological polar surface area (TPSA) is 95.5 Å². The van der Waals surface area contributed by atoms with Crippen molar-refractivity contribution >= 4 is 31.9 Å². The lowest BCUT2D eigenvalue weighted by Gasteiger charge is -2.23. The molecule has 0 aromatic heterocycles. The second-order valence-electron chi connectivity index (χ2n) is 4.60. The van der Waals surface area contributed by atoms with Gasteiger partial charge in [-0.3, -0.25) is 0 Å². The molecule has 0 amide bonds. The van der Waals surface area contributed by atoms with Gasteiger partial charge < -0.3 is 10.4 Å². The van der Waals surface area contributed by atoms with Crippen LogP contribution in [-0.4, -0.2) is 38.6 Å². The molecule has 6 nitrogen and oxygen atoms in total. The lowest BCUT2D eigenvalue weighted by molar-refractivity contribution is 0.0696. The van der Waals surface area contributed by atoms with Gasteiger partial charge in [0.15, 0.2) is 0 Å². The zero-order valence-corrected chi connectivity index (χ0v) is 13.0. The Kier molecular flexibility index (Phi) is 4.79. The Bertz CT molecular complexity index is 612. The fourth-order valence-corrected chi connectivity index (χ4v) is 4.46. The molecule has 3 N–H and O–H groups in total. The molecule has 0 unspecified atom stereocenters. The van der Waals surface area contributed by atoms with Crippen molar-refractivity contribution in [2.75, 3.05) is 13.1 Å². The van der Waals surface area contributed by atoms with Gasteiger partial charge in [0.25, 0.3) is 0 Å². The fraction of sp³-hybridized carbons (Fsp3) is 0.417. The summed E-state index contributed by atoms with van der Waals surface area (Å²) in [5.41, 5.74) is 0.0395. The number of carbonyl (C=O) groups is 1. The molecule has 1 aliphatic rings. The SMILES string of the molecule is O=C(O)c1ccc(S(=O)(=O)NC2CCNCC2)c(Br)c1. The van der Waals surface area contributed by atoms with Crippen LogP contribution in [0.5, 0.6) is 0 Å². The van der Waals surface area contributed by atoms with Crippen molar-refractivity contribution < 1.29 is 18.3 Å². The number of hydrogen-bond donors (Lipinski definition) is 3. The summed E-state index contributed by atoms with van der Waals surface area (Å²) < 4.78 is 27.5. The molecule has 8 heteroatoms. The monoisotopic (exact) mass is 362 g/mol. The van der Waals surface area contributed by atoms with Crippen molar-refractivity contribution in [1.82, 2.24) is 10.0 Å². The summed E-state index contributed by atoms with van der Waals surface area (Å²) in [6, 6.07) is 3.78. The lowest BCUT2D eigenvalue weighted by Crippen LogP contribution is -2.42. The zero-order valence-electron chi connectivity index (χ0n) is 10.6. The van der Waals surface area contributed by atoms with Gasteiger partial charge in [-0.15, -0.1) is 0 Å². The highest BCUT2D eigenvalue weighted by Gasteiger charge is 2.24. The number of benzene rings is 1. The molecule has 110 valence electrons. The molecule has 20 heavy (non-hydrogen) atoms. The van der Waals surface area contributed by atoms with Gasteiger partial charge in [0.1, 0.15) is 0 Å². The zero-order chi connectivity index (χ0) is 14.8. The third-order valence-corrected chi connectivity index (χ3v) is 5.63. The first kappa shape index (κ1) is 15.4. The first-order chi connectivity index (χ1) is 9.40. The minimum absolute atomic E-state index is 0.0395. The van der Waals surface area contributed by atoms with Crippen LogP contribution in [0.25, 0.3) is 0 Å². The molecule has 1 saturated heterocycles. The number of rotatable bonds is 4. The third kappa shape index (κ3) is 3.57. The summed E-state index contributed by atoms with van der Waals surface area (Å²) >= 11 is 3.12. The Morgan fingerprint density at radius 1 is 1.35 bits per heavy atom. The van der Waals surface area contributed by atoms with Crippen molar-refractivity contribution in [3.05, 3.63) is 28.2 Å². The van der Waals surface area contributed by atoms with Gasteiger partial charge in [-0.25, -0.2) is 17.9 Å². The Morgan fingerprint density at radius 3 is 2.55 bits per heavy atom. The van der Waals surface area contributed by atoms with Crippen LogP contribution in [-0.2, 0) is 10.0 Å². The third-order valence-electron chi connectivity index (χ3n) is 3.13. The minimum atomic E-state index is -3.65. The molecule has 1 heterocycles. The molecule has 1 aliphatic heterocycles. The standard InChI is InChI=1S/C12H15BrN2O4S/c13-10-7-8(12(16)17)1-2-11(10)20(18,19)15-9-3-5-14-6-4-9/h1-2,7,9,14-15H,3-6H2,(H,16,17). The molecule has 0 bridgehead atoms. The number of halogens is 1. The van der Waals surface area contributed by atoms with Crippen LogP contribution in [0.2, 0.25) is 0 Å². The van der Waals surface area contributed by atoms with E-state index in [9.17, 15) is 13.2 Å². The van der Waals surface area contributed by atoms with E-state index < -0.39 is 16.0 Å². The van der Waals surface area contributed by atoms with Crippen molar-refractivity contribution in [2.24, 2.45) is 0 Å². The predicted molar refractivity (Wildman–Crippen MR) is 77.3 cm³/mol. The molecule has 1 fully saturated rings. The number of nitrogens with one attached hydrogen (secondary N) is 2. The molecule has 0 atom stereocenters. The highest BCUT2D eigenvalue weighted by Crippen LogP contribution is 2.24. The number of aromatic carboxylic acids is 1. The summed E-state index contributed by atoms with van der Waals surface area (Å²) in [6.45, 7) is 1.57. The summed E-state index contributed by atoms with van der Waals surface area (Å²) in [6.07, 6.45) is 1.48. The molecule has 2 rings (SSSR count). The smallest absolute Gasteiger partial charge is 0.335 e. The van der Waals surface area contributed by atoms with Crippen molar-refractivity contribution in [2.45, 2.75) is 23.8 Å². The quantitative estimate of drug-likeness (QED) is 0.747. The maximum Gasteiger partial charge on any atom is 0.335 e. The molecule has 0 saturated carbocycles. The van der Waals surface area contributed by atoms with Crippen molar-refractivity contribution in [1.29, 1.82) is 0 Å². The van der Waals surface area contributed by atoms with E-state index in [0.29, 0.717) is 0 Å². The number of sulfonamides is 1. The Balaban J connectivity index is 2.22. The molecule has 0 aliphatic carbocycles. The normalized spacial score (nSPS) is 17.1. The van der Waals surface area contributed by atoms with E-state index in [1.54, 1.807) is 0 Å². The van der Waals surface area contributed by atoms with E-state index >= 15 is 0 Å². The Labute approximate surface area is 125 Å². The molecular weight excluding hydrogens is 348 g/mol. The van der Waals surface area contributed by atoms with E-state index in [0.717, 1.165) is 25.9 Å². The Morgan fingerprint density at radius 2 is 2.00 bits per heavy atom. The lowest BCUT2D eigenvalue weighted by atomic mass is 10.1. The average Bonchev–Trinajstić information content (AvgIpc) is 2.38. The van der Waals surface area contributed by atoms with Gasteiger partial charge in [-0.1, -0.05) is 0 Å². The van der Waals surface area contributed by atoms with E-state index in [1.807, 2.05) is 0 Å². The minimum Gasteiger partial charge on any atom is -0.478 e. The van der Waals surface area contributed by atoms with Gasteiger partial charge in [-0.05, 0) is 60.1 Å². The predicted octanol–water partition coefficient (Wildman–Crippen LogP) is 1.18. The van der Waals surface area contributed by atoms with E-state index in [2.05, 4.69) is 26.0 Å². The van der Waals surface area contributed by atoms with Gasteiger partial charge in [0.2, 0.25) is 10.0 Å². The van der Waals surface area contributed by atoms with Gasteiger partial charge in [-0.2, -0.15) is 0 Å². The van der Waals surface area contributed by atoms with E-state index in [-0.39, 0.29) is 21.0 Å². The highest BCUT2D eigenvalue weighted by atomic mass is 79.9. The summed E-state index contributed by atoms with van der Waals surface area (Å²) in [7, 11) is -3.65. The maximum atomic E-state index is 12.3. The molecule has 1 aromatic carbocycles. The molecule has 1 aromatic rings. The summed E-state index contributed by atoms with van der Waals surface area (Å²) in [4.78, 5) is 10.9. The van der Waals surface area contributed by atoms with Gasteiger partial charge in [0.05, 0.1) is 10.5 Å². The van der Waals surface area contributed by atoms with Gasteiger partial charge in [0, 0.05) is 10.5 Å². The first-order valence-electron chi connectivity index (χ1n) is 6.16. The maximum absolute atomic E-state index is 12.3. The van der Waals surface area contributed by atoms with Gasteiger partial charge >= 0.3 is 5.97 Å². The molecule has 0 spiro atoms. The average molecular weight is 363 g/mol. The molecular formula is C12H15BrN2O4S. The second kappa shape index (κ2) is 6.21. The Hall–Kier alpha value is -0.960. The van der Waals surface area contributed by atoms with E-state index in [1.165, 1.54) is 18.2 Å². The van der Waals surface area contributed by atoms with Crippen LogP contribution in [0.3, 0.4) is 0 Å². The van der Waals surface area contributed by atoms with Crippen LogP contribution in [0.15, 0.2) is 27.6 Å². The summed E-state index contributed by atoms with van der Waals surface area (Å²) in [5, 5.41) is 12.0. The molecule has 0 radical (unpaired) electrons. The van der Waals surface area contributed by atoms with Crippen LogP contribution in [0, 0.1) is 0 Å². The number of hydrogen-bond acceptors (Lipinski definition) is 4. The second-order valence-corrected chi connectivity index (χ2v) is 7.13. The van der Waals surface area contributed by atoms with Crippen LogP contribution in [0.1, 0.15) is 23.2 Å². The van der Waals surface area contributed by atoms with Crippen molar-refractivity contribution in [3.63, 3.8) is 0 Å². The first-order valence-corrected chi connectivity index (χ1v) is 8.43. The fourth-order valence-electron chi connectivity index (χ4n) is 2.07. The number of carboxylic acid groups (broad SMARTS) is 1. The van der Waals surface area contributed by atoms with Crippen LogP contribution < -0.4 is 10.0 Å². The highest BCUT2D eigenvalue weighted by molar-refractivity contribution is 9.10.